The van der Waals surface area contributed by atoms with Crippen molar-refractivity contribution in [3.05, 3.63) is 0 Å². The van der Waals surface area contributed by atoms with Crippen molar-refractivity contribution in [2.24, 2.45) is 5.41 Å². The van der Waals surface area contributed by atoms with Gasteiger partial charge in [-0.1, -0.05) is 13.3 Å². The van der Waals surface area contributed by atoms with Gasteiger partial charge in [-0.15, -0.1) is 0 Å². The number of hydrogen-bond donors (Lipinski definition) is 3. The van der Waals surface area contributed by atoms with Crippen molar-refractivity contribution in [1.82, 2.24) is 5.32 Å². The summed E-state index contributed by atoms with van der Waals surface area (Å²) in [6.45, 7) is 1.29. The fourth-order valence-electron chi connectivity index (χ4n) is 2.14. The molecule has 0 aromatic heterocycles. The molecule has 1 aliphatic rings. The second kappa shape index (κ2) is 4.89. The molecule has 0 amide bonds. The molecule has 0 unspecified atom stereocenters. The Bertz CT molecular complexity index is 235. The van der Waals surface area contributed by atoms with Gasteiger partial charge in [0.2, 0.25) is 0 Å². The monoisotopic (exact) mass is 241 g/mol. The van der Waals surface area contributed by atoms with Crippen LogP contribution >= 0.6 is 0 Å². The van der Waals surface area contributed by atoms with Crippen LogP contribution in [0.1, 0.15) is 26.2 Å². The van der Waals surface area contributed by atoms with Crippen LogP contribution < -0.4 is 5.32 Å². The van der Waals surface area contributed by atoms with Gasteiger partial charge >= 0.3 is 6.18 Å². The molecule has 0 heterocycles. The summed E-state index contributed by atoms with van der Waals surface area (Å²) in [4.78, 5) is 0. The standard InChI is InChI=1S/C10H18F3NO2/c1-9(6-15)4-2-3-7(9)14-5-8(16)10(11,12)13/h7-8,14-16H,2-6H2,1H3/t7-,8-,9-/m1/s1. The molecule has 0 aliphatic heterocycles. The predicted molar refractivity (Wildman–Crippen MR) is 52.9 cm³/mol. The summed E-state index contributed by atoms with van der Waals surface area (Å²) in [7, 11) is 0. The molecule has 3 N–H and O–H groups in total. The largest absolute Gasteiger partial charge is 0.415 e. The van der Waals surface area contributed by atoms with Crippen molar-refractivity contribution >= 4 is 0 Å². The van der Waals surface area contributed by atoms with E-state index in [4.69, 9.17) is 5.11 Å². The van der Waals surface area contributed by atoms with Gasteiger partial charge in [0.05, 0.1) is 0 Å². The maximum absolute atomic E-state index is 12.1. The summed E-state index contributed by atoms with van der Waals surface area (Å²) in [6, 6.07) is -0.158. The van der Waals surface area contributed by atoms with Crippen LogP contribution in [0.25, 0.3) is 0 Å². The maximum atomic E-state index is 12.1. The number of nitrogens with one attached hydrogen (secondary N) is 1. The highest BCUT2D eigenvalue weighted by atomic mass is 19.4. The molecule has 0 aromatic rings. The Morgan fingerprint density at radius 2 is 2.12 bits per heavy atom. The van der Waals surface area contributed by atoms with Crippen molar-refractivity contribution in [3.8, 4) is 0 Å². The van der Waals surface area contributed by atoms with Crippen LogP contribution in [0.3, 0.4) is 0 Å². The highest BCUT2D eigenvalue weighted by molar-refractivity contribution is 4.93. The lowest BCUT2D eigenvalue weighted by Gasteiger charge is -2.31. The van der Waals surface area contributed by atoms with Gasteiger partial charge in [-0.3, -0.25) is 0 Å². The molecule has 1 fully saturated rings. The summed E-state index contributed by atoms with van der Waals surface area (Å²) in [5.41, 5.74) is -0.370. The lowest BCUT2D eigenvalue weighted by atomic mass is 9.86. The zero-order valence-electron chi connectivity index (χ0n) is 9.22. The van der Waals surface area contributed by atoms with Crippen LogP contribution in [0, 0.1) is 5.41 Å². The van der Waals surface area contributed by atoms with Gasteiger partial charge in [0, 0.05) is 24.6 Å². The van der Waals surface area contributed by atoms with Crippen LogP contribution in [0.15, 0.2) is 0 Å². The predicted octanol–water partition coefficient (Wildman–Crippen LogP) is 1.05. The average molecular weight is 241 g/mol. The van der Waals surface area contributed by atoms with Gasteiger partial charge < -0.3 is 15.5 Å². The molecule has 0 radical (unpaired) electrons. The summed E-state index contributed by atoms with van der Waals surface area (Å²) < 4.78 is 36.2. The van der Waals surface area contributed by atoms with E-state index in [1.165, 1.54) is 0 Å². The van der Waals surface area contributed by atoms with Gasteiger partial charge in [-0.2, -0.15) is 13.2 Å². The SMILES string of the molecule is C[C@]1(CO)CCC[C@H]1NC[C@@H](O)C(F)(F)F. The molecular formula is C10H18F3NO2. The molecule has 0 bridgehead atoms. The second-order valence-corrected chi connectivity index (χ2v) is 4.72. The zero-order valence-corrected chi connectivity index (χ0v) is 9.22. The number of aliphatic hydroxyl groups is 2. The molecule has 0 saturated heterocycles. The van der Waals surface area contributed by atoms with E-state index in [0.29, 0.717) is 0 Å². The minimum absolute atomic E-state index is 0.0488. The van der Waals surface area contributed by atoms with Crippen molar-refractivity contribution in [3.63, 3.8) is 0 Å². The van der Waals surface area contributed by atoms with Gasteiger partial charge in [0.1, 0.15) is 0 Å². The molecule has 16 heavy (non-hydrogen) atoms. The zero-order chi connectivity index (χ0) is 12.4. The van der Waals surface area contributed by atoms with Crippen molar-refractivity contribution in [2.75, 3.05) is 13.2 Å². The summed E-state index contributed by atoms with van der Waals surface area (Å²) in [5, 5.41) is 20.7. The molecule has 6 heteroatoms. The average Bonchev–Trinajstić information content (AvgIpc) is 2.56. The van der Waals surface area contributed by atoms with Gasteiger partial charge in [0.25, 0.3) is 0 Å². The first kappa shape index (κ1) is 13.7. The molecule has 96 valence electrons. The Morgan fingerprint density at radius 3 is 2.62 bits per heavy atom. The van der Waals surface area contributed by atoms with Crippen LogP contribution in [-0.2, 0) is 0 Å². The Balaban J connectivity index is 2.44. The normalized spacial score (nSPS) is 33.0. The Kier molecular flexibility index (Phi) is 4.20. The van der Waals surface area contributed by atoms with E-state index in [-0.39, 0.29) is 18.1 Å². The molecule has 1 saturated carbocycles. The topological polar surface area (TPSA) is 52.5 Å². The molecule has 1 aliphatic carbocycles. The maximum Gasteiger partial charge on any atom is 0.415 e. The molecular weight excluding hydrogens is 223 g/mol. The van der Waals surface area contributed by atoms with E-state index in [2.05, 4.69) is 5.32 Å². The van der Waals surface area contributed by atoms with E-state index in [1.807, 2.05) is 6.92 Å². The van der Waals surface area contributed by atoms with E-state index >= 15 is 0 Å². The smallest absolute Gasteiger partial charge is 0.396 e. The molecule has 1 rings (SSSR count). The van der Waals surface area contributed by atoms with Crippen molar-refractivity contribution in [1.29, 1.82) is 0 Å². The van der Waals surface area contributed by atoms with Gasteiger partial charge in [-0.25, -0.2) is 0 Å². The summed E-state index contributed by atoms with van der Waals surface area (Å²) in [6.07, 6.45) is -4.50. The van der Waals surface area contributed by atoms with E-state index in [1.54, 1.807) is 0 Å². The minimum Gasteiger partial charge on any atom is -0.396 e. The van der Waals surface area contributed by atoms with Crippen LogP contribution in [-0.4, -0.2) is 41.7 Å². The number of hydrogen-bond acceptors (Lipinski definition) is 3. The first-order valence-electron chi connectivity index (χ1n) is 5.38. The van der Waals surface area contributed by atoms with Gasteiger partial charge in [0.15, 0.2) is 6.10 Å². The number of rotatable bonds is 4. The fourth-order valence-corrected chi connectivity index (χ4v) is 2.14. The third kappa shape index (κ3) is 3.09. The van der Waals surface area contributed by atoms with Crippen LogP contribution in [0.4, 0.5) is 13.2 Å². The van der Waals surface area contributed by atoms with Gasteiger partial charge in [-0.05, 0) is 12.8 Å². The highest BCUT2D eigenvalue weighted by Crippen LogP contribution is 2.37. The third-order valence-electron chi connectivity index (χ3n) is 3.38. The molecule has 0 aromatic carbocycles. The van der Waals surface area contributed by atoms with E-state index < -0.39 is 18.8 Å². The number of aliphatic hydroxyl groups excluding tert-OH is 2. The van der Waals surface area contributed by atoms with Crippen molar-refractivity contribution < 1.29 is 23.4 Å². The lowest BCUT2D eigenvalue weighted by molar-refractivity contribution is -0.202. The summed E-state index contributed by atoms with van der Waals surface area (Å²) >= 11 is 0. The first-order valence-corrected chi connectivity index (χ1v) is 5.38. The van der Waals surface area contributed by atoms with Crippen LogP contribution in [0.5, 0.6) is 0 Å². The van der Waals surface area contributed by atoms with Crippen molar-refractivity contribution in [2.45, 2.75) is 44.5 Å². The Labute approximate surface area is 92.7 Å². The molecule has 0 spiro atoms. The Morgan fingerprint density at radius 1 is 1.50 bits per heavy atom. The quantitative estimate of drug-likeness (QED) is 0.689. The fraction of sp³-hybridized carbons (Fsp3) is 1.00. The van der Waals surface area contributed by atoms with E-state index in [0.717, 1.165) is 19.3 Å². The third-order valence-corrected chi connectivity index (χ3v) is 3.38. The summed E-state index contributed by atoms with van der Waals surface area (Å²) in [5.74, 6) is 0. The lowest BCUT2D eigenvalue weighted by Crippen LogP contribution is -2.47. The molecule has 3 atom stereocenters. The number of halogens is 3. The Hall–Kier alpha value is -0.330. The second-order valence-electron chi connectivity index (χ2n) is 4.72. The minimum atomic E-state index is -4.58. The van der Waals surface area contributed by atoms with Crippen LogP contribution in [0.2, 0.25) is 0 Å². The molecule has 3 nitrogen and oxygen atoms in total. The highest BCUT2D eigenvalue weighted by Gasteiger charge is 2.41. The first-order chi connectivity index (χ1) is 7.29. The number of alkyl halides is 3. The van der Waals surface area contributed by atoms with E-state index in [9.17, 15) is 18.3 Å².